The van der Waals surface area contributed by atoms with Gasteiger partial charge in [-0.25, -0.2) is 13.6 Å². The maximum atomic E-state index is 14.9. The van der Waals surface area contributed by atoms with Crippen LogP contribution in [0.5, 0.6) is 11.5 Å². The van der Waals surface area contributed by atoms with Gasteiger partial charge in [-0.2, -0.15) is 8.78 Å². The van der Waals surface area contributed by atoms with Crippen molar-refractivity contribution in [2.75, 3.05) is 6.61 Å². The Hall–Kier alpha value is -4.17. The molecule has 0 saturated carbocycles. The first-order valence-electron chi connectivity index (χ1n) is 11.0. The zero-order valence-electron chi connectivity index (χ0n) is 19.0. The van der Waals surface area contributed by atoms with Crippen molar-refractivity contribution in [1.82, 2.24) is 0 Å². The maximum absolute atomic E-state index is 14.9. The van der Waals surface area contributed by atoms with Gasteiger partial charge in [0.2, 0.25) is 11.6 Å². The van der Waals surface area contributed by atoms with Crippen LogP contribution in [0.1, 0.15) is 22.8 Å². The first-order valence-corrected chi connectivity index (χ1v) is 11.0. The summed E-state index contributed by atoms with van der Waals surface area (Å²) in [5.41, 5.74) is 1.42. The molecule has 0 aromatic heterocycles. The van der Waals surface area contributed by atoms with E-state index < -0.39 is 35.0 Å². The highest BCUT2D eigenvalue weighted by Gasteiger charge is 2.20. The number of esters is 1. The zero-order valence-corrected chi connectivity index (χ0v) is 19.0. The van der Waals surface area contributed by atoms with Crippen molar-refractivity contribution in [3.8, 4) is 33.8 Å². The van der Waals surface area contributed by atoms with Crippen molar-refractivity contribution in [1.29, 1.82) is 0 Å². The molecule has 0 aliphatic carbocycles. The second-order valence-electron chi connectivity index (χ2n) is 7.73. The summed E-state index contributed by atoms with van der Waals surface area (Å²) in [4.78, 5) is 12.4. The van der Waals surface area contributed by atoms with Gasteiger partial charge in [0.1, 0.15) is 0 Å². The SMILES string of the molecule is CCOc1ccc(OC(=O)c2ccc(-c3ccc(-c4ccc(CO)cc4)c(F)c3F)cc2)c(F)c1F. The molecule has 0 saturated heterocycles. The Balaban J connectivity index is 1.54. The summed E-state index contributed by atoms with van der Waals surface area (Å²) in [6.45, 7) is 1.58. The molecule has 8 heteroatoms. The molecular formula is C28H20F4O4. The lowest BCUT2D eigenvalue weighted by Gasteiger charge is -2.11. The van der Waals surface area contributed by atoms with Crippen LogP contribution in [-0.2, 0) is 6.61 Å². The largest absolute Gasteiger partial charge is 0.491 e. The van der Waals surface area contributed by atoms with E-state index in [0.29, 0.717) is 16.7 Å². The molecule has 0 amide bonds. The third kappa shape index (κ3) is 4.94. The molecule has 0 unspecified atom stereocenters. The van der Waals surface area contributed by atoms with E-state index >= 15 is 0 Å². The summed E-state index contributed by atoms with van der Waals surface area (Å²) in [7, 11) is 0. The molecule has 0 aliphatic rings. The minimum atomic E-state index is -1.37. The maximum Gasteiger partial charge on any atom is 0.343 e. The van der Waals surface area contributed by atoms with Crippen LogP contribution < -0.4 is 9.47 Å². The molecule has 0 aliphatic heterocycles. The van der Waals surface area contributed by atoms with Crippen LogP contribution >= 0.6 is 0 Å². The van der Waals surface area contributed by atoms with Gasteiger partial charge in [0.05, 0.1) is 18.8 Å². The van der Waals surface area contributed by atoms with Crippen molar-refractivity contribution >= 4 is 5.97 Å². The van der Waals surface area contributed by atoms with Crippen molar-refractivity contribution in [2.45, 2.75) is 13.5 Å². The number of aliphatic hydroxyl groups is 1. The second kappa shape index (κ2) is 10.6. The molecule has 0 fully saturated rings. The lowest BCUT2D eigenvalue weighted by Crippen LogP contribution is -2.10. The van der Waals surface area contributed by atoms with Crippen LogP contribution in [0.2, 0.25) is 0 Å². The molecule has 184 valence electrons. The quantitative estimate of drug-likeness (QED) is 0.176. The lowest BCUT2D eigenvalue weighted by atomic mass is 9.97. The van der Waals surface area contributed by atoms with Crippen LogP contribution in [0.4, 0.5) is 17.6 Å². The lowest BCUT2D eigenvalue weighted by molar-refractivity contribution is 0.0726. The molecule has 0 bridgehead atoms. The predicted molar refractivity (Wildman–Crippen MR) is 126 cm³/mol. The Kier molecular flexibility index (Phi) is 7.36. The highest BCUT2D eigenvalue weighted by Crippen LogP contribution is 2.32. The van der Waals surface area contributed by atoms with Gasteiger partial charge in [0.25, 0.3) is 0 Å². The van der Waals surface area contributed by atoms with Crippen molar-refractivity contribution in [3.63, 3.8) is 0 Å². The number of benzene rings is 4. The first-order chi connectivity index (χ1) is 17.3. The summed E-state index contributed by atoms with van der Waals surface area (Å²) >= 11 is 0. The smallest absolute Gasteiger partial charge is 0.343 e. The van der Waals surface area contributed by atoms with Gasteiger partial charge >= 0.3 is 5.97 Å². The summed E-state index contributed by atoms with van der Waals surface area (Å²) in [5.74, 6) is -6.63. The van der Waals surface area contributed by atoms with Crippen LogP contribution in [0.3, 0.4) is 0 Å². The highest BCUT2D eigenvalue weighted by atomic mass is 19.2. The second-order valence-corrected chi connectivity index (χ2v) is 7.73. The summed E-state index contributed by atoms with van der Waals surface area (Å²) in [6, 6.07) is 16.9. The van der Waals surface area contributed by atoms with Gasteiger partial charge in [0, 0.05) is 11.1 Å². The molecule has 0 radical (unpaired) electrons. The average Bonchev–Trinajstić information content (AvgIpc) is 2.90. The fourth-order valence-electron chi connectivity index (χ4n) is 3.59. The molecule has 0 spiro atoms. The molecule has 4 rings (SSSR count). The minimum absolute atomic E-state index is 0.00563. The molecule has 1 N–H and O–H groups in total. The van der Waals surface area contributed by atoms with Crippen molar-refractivity contribution < 1.29 is 36.9 Å². The third-order valence-corrected chi connectivity index (χ3v) is 5.48. The minimum Gasteiger partial charge on any atom is -0.491 e. The van der Waals surface area contributed by atoms with Crippen molar-refractivity contribution in [2.24, 2.45) is 0 Å². The van der Waals surface area contributed by atoms with Gasteiger partial charge in [-0.15, -0.1) is 0 Å². The topological polar surface area (TPSA) is 55.8 Å². The highest BCUT2D eigenvalue weighted by molar-refractivity contribution is 5.91. The molecule has 36 heavy (non-hydrogen) atoms. The Bertz CT molecular complexity index is 1400. The molecule has 4 nitrogen and oxygen atoms in total. The van der Waals surface area contributed by atoms with E-state index in [2.05, 4.69) is 0 Å². The number of carbonyl (C=O) groups is 1. The van der Waals surface area contributed by atoms with Crippen LogP contribution in [0.15, 0.2) is 72.8 Å². The van der Waals surface area contributed by atoms with E-state index in [9.17, 15) is 22.4 Å². The summed E-state index contributed by atoms with van der Waals surface area (Å²) in [6.07, 6.45) is 0. The van der Waals surface area contributed by atoms with E-state index in [1.807, 2.05) is 0 Å². The fourth-order valence-corrected chi connectivity index (χ4v) is 3.59. The van der Waals surface area contributed by atoms with Gasteiger partial charge in [-0.05, 0) is 47.9 Å². The number of carbonyl (C=O) groups excluding carboxylic acids is 1. The molecule has 0 atom stereocenters. The Labute approximate surface area is 204 Å². The van der Waals surface area contributed by atoms with Gasteiger partial charge in [-0.1, -0.05) is 48.5 Å². The van der Waals surface area contributed by atoms with Crippen LogP contribution in [0.25, 0.3) is 22.3 Å². The van der Waals surface area contributed by atoms with E-state index in [4.69, 9.17) is 14.6 Å². The van der Waals surface area contributed by atoms with Gasteiger partial charge < -0.3 is 14.6 Å². The van der Waals surface area contributed by atoms with Gasteiger partial charge in [-0.3, -0.25) is 0 Å². The molecule has 4 aromatic carbocycles. The Morgan fingerprint density at radius 3 is 1.72 bits per heavy atom. The number of halogens is 4. The van der Waals surface area contributed by atoms with E-state index in [1.54, 1.807) is 31.2 Å². The average molecular weight is 496 g/mol. The predicted octanol–water partition coefficient (Wildman–Crippen LogP) is 6.69. The third-order valence-electron chi connectivity index (χ3n) is 5.48. The normalized spacial score (nSPS) is 10.8. The first kappa shape index (κ1) is 24.9. The number of hydrogen-bond donors (Lipinski definition) is 1. The fraction of sp³-hybridized carbons (Fsp3) is 0.107. The summed E-state index contributed by atoms with van der Waals surface area (Å²) in [5, 5.41) is 9.14. The van der Waals surface area contributed by atoms with Crippen LogP contribution in [0, 0.1) is 23.3 Å². The van der Waals surface area contributed by atoms with E-state index in [1.165, 1.54) is 36.4 Å². The van der Waals surface area contributed by atoms with E-state index in [0.717, 1.165) is 12.1 Å². The standard InChI is InChI=1S/C28H20F4O4/c1-2-35-22-13-14-23(27(32)26(22)31)36-28(34)19-9-7-18(8-10-19)21-12-11-20(24(29)25(21)30)17-5-3-16(15-33)4-6-17/h3-14,33H,2,15H2,1H3. The van der Waals surface area contributed by atoms with E-state index in [-0.39, 0.29) is 35.7 Å². The number of ether oxygens (including phenoxy) is 2. The Morgan fingerprint density at radius 1 is 0.694 bits per heavy atom. The van der Waals surface area contributed by atoms with Gasteiger partial charge in [0.15, 0.2) is 23.1 Å². The zero-order chi connectivity index (χ0) is 25.8. The monoisotopic (exact) mass is 496 g/mol. The molecule has 4 aromatic rings. The number of rotatable bonds is 7. The Morgan fingerprint density at radius 2 is 1.19 bits per heavy atom. The molecular weight excluding hydrogens is 476 g/mol. The summed E-state index contributed by atoms with van der Waals surface area (Å²) < 4.78 is 67.9. The van der Waals surface area contributed by atoms with Crippen LogP contribution in [-0.4, -0.2) is 17.7 Å². The number of aliphatic hydroxyl groups excluding tert-OH is 1. The molecule has 0 heterocycles. The number of hydrogen-bond acceptors (Lipinski definition) is 4. The van der Waals surface area contributed by atoms with Crippen molar-refractivity contribution in [3.05, 3.63) is 107 Å².